The number of hydrogen-bond acceptors (Lipinski definition) is 4. The number of rotatable bonds is 8. The zero-order valence-electron chi connectivity index (χ0n) is 18.9. The van der Waals surface area contributed by atoms with Crippen LogP contribution in [0.1, 0.15) is 92.9 Å². The molecule has 0 aliphatic carbocycles. The van der Waals surface area contributed by atoms with Gasteiger partial charge in [-0.3, -0.25) is 0 Å². The van der Waals surface area contributed by atoms with Crippen molar-refractivity contribution < 1.29 is 61.6 Å². The second-order valence-corrected chi connectivity index (χ2v) is 4.31. The summed E-state index contributed by atoms with van der Waals surface area (Å²) < 4.78 is 0. The molecule has 0 rings (SSSR count). The van der Waals surface area contributed by atoms with Gasteiger partial charge in [-0.15, -0.1) is 0 Å². The van der Waals surface area contributed by atoms with E-state index in [-0.39, 0.29) is 41.2 Å². The molecule has 0 heterocycles. The molecule has 0 saturated heterocycles. The summed E-state index contributed by atoms with van der Waals surface area (Å²) in [5, 5.41) is 32.3. The number of hydrogen-bond donors (Lipinski definition) is 4. The zero-order chi connectivity index (χ0) is 20.5. The molecule has 4 nitrogen and oxygen atoms in total. The monoisotopic (exact) mass is 466 g/mol. The van der Waals surface area contributed by atoms with Gasteiger partial charge in [0.15, 0.2) is 0 Å². The normalized spacial score (nSPS) is 6.92. The third kappa shape index (κ3) is 175. The molecule has 0 aliphatic heterocycles. The fourth-order valence-electron chi connectivity index (χ4n) is 0.632. The third-order valence-electron chi connectivity index (χ3n) is 2.05. The van der Waals surface area contributed by atoms with Gasteiger partial charge in [-0.2, -0.15) is 13.8 Å². The summed E-state index contributed by atoms with van der Waals surface area (Å²) in [6, 6.07) is 0. The Balaban J connectivity index is -0.0000000254. The molecule has 0 bridgehead atoms. The first-order chi connectivity index (χ1) is 11.7. The van der Waals surface area contributed by atoms with Crippen molar-refractivity contribution in [2.45, 2.75) is 92.9 Å². The smallest absolute Gasteiger partial charge is 0.396 e. The summed E-state index contributed by atoms with van der Waals surface area (Å²) >= 11 is 0. The molecule has 0 aromatic carbocycles. The van der Waals surface area contributed by atoms with Gasteiger partial charge in [0.2, 0.25) is 0 Å². The van der Waals surface area contributed by atoms with Crippen molar-refractivity contribution in [2.24, 2.45) is 0 Å². The fraction of sp³-hybridized carbons (Fsp3) is 0.900. The van der Waals surface area contributed by atoms with Gasteiger partial charge < -0.3 is 34.3 Å². The Labute approximate surface area is 194 Å². The average Bonchev–Trinajstić information content (AvgIpc) is 2.63. The first kappa shape index (κ1) is 50.6. The van der Waals surface area contributed by atoms with Crippen molar-refractivity contribution in [3.05, 3.63) is 13.8 Å². The summed E-state index contributed by atoms with van der Waals surface area (Å²) in [4.78, 5) is 0. The number of aliphatic hydroxyl groups is 4. The predicted octanol–water partition coefficient (Wildman–Crippen LogP) is 4.79. The van der Waals surface area contributed by atoms with Gasteiger partial charge in [0.1, 0.15) is 0 Å². The molecule has 0 fully saturated rings. The van der Waals surface area contributed by atoms with Crippen LogP contribution in [0, 0.1) is 13.8 Å². The van der Waals surface area contributed by atoms with Crippen LogP contribution in [-0.4, -0.2) is 46.9 Å². The molecule has 0 aromatic heterocycles. The molecule has 0 spiro atoms. The standard InChI is InChI=1S/4C4H10O.2C2H5.Ti.Zn/c4*1-2-3-4-5;2*1-2;;/h4*5H,2-4H2,1H3;2*1H2,2H3;;/q;;;;2*-1;;+2. The Morgan fingerprint density at radius 2 is 0.577 bits per heavy atom. The predicted molar refractivity (Wildman–Crippen MR) is 110 cm³/mol. The summed E-state index contributed by atoms with van der Waals surface area (Å²) in [5.41, 5.74) is 0. The molecule has 0 aliphatic rings. The van der Waals surface area contributed by atoms with Gasteiger partial charge >= 0.3 is 19.5 Å². The molecule has 160 valence electrons. The molecular weight excluding hydrogens is 417 g/mol. The van der Waals surface area contributed by atoms with Crippen molar-refractivity contribution in [1.82, 2.24) is 0 Å². The van der Waals surface area contributed by atoms with Crippen LogP contribution in [0.4, 0.5) is 0 Å². The third-order valence-corrected chi connectivity index (χ3v) is 2.05. The van der Waals surface area contributed by atoms with Crippen LogP contribution in [0.2, 0.25) is 0 Å². The molecular formula is C20H50O4TiZn. The first-order valence-electron chi connectivity index (χ1n) is 9.51. The summed E-state index contributed by atoms with van der Waals surface area (Å²) in [7, 11) is 0. The van der Waals surface area contributed by atoms with E-state index >= 15 is 0 Å². The quantitative estimate of drug-likeness (QED) is 0.305. The summed E-state index contributed by atoms with van der Waals surface area (Å²) in [5.74, 6) is 0. The van der Waals surface area contributed by atoms with E-state index in [0.29, 0.717) is 26.4 Å². The first-order valence-corrected chi connectivity index (χ1v) is 9.51. The van der Waals surface area contributed by atoms with Gasteiger partial charge in [-0.25, -0.2) is 0 Å². The Kier molecular flexibility index (Phi) is 186. The van der Waals surface area contributed by atoms with Crippen LogP contribution in [0.5, 0.6) is 0 Å². The molecule has 26 heavy (non-hydrogen) atoms. The molecule has 0 amide bonds. The van der Waals surface area contributed by atoms with E-state index in [1.54, 1.807) is 13.8 Å². The topological polar surface area (TPSA) is 80.9 Å². The molecule has 0 radical (unpaired) electrons. The van der Waals surface area contributed by atoms with E-state index in [9.17, 15) is 0 Å². The zero-order valence-corrected chi connectivity index (χ0v) is 23.4. The maximum absolute atomic E-state index is 8.07. The van der Waals surface area contributed by atoms with Crippen LogP contribution in [0.25, 0.3) is 0 Å². The Hall–Kier alpha value is 1.18. The Morgan fingerprint density at radius 1 is 0.462 bits per heavy atom. The molecule has 0 saturated carbocycles. The van der Waals surface area contributed by atoms with Gasteiger partial charge in [0.25, 0.3) is 0 Å². The van der Waals surface area contributed by atoms with Crippen LogP contribution in [-0.2, 0) is 41.2 Å². The van der Waals surface area contributed by atoms with Crippen LogP contribution in [0.3, 0.4) is 0 Å². The van der Waals surface area contributed by atoms with E-state index in [2.05, 4.69) is 41.5 Å². The maximum atomic E-state index is 8.07. The van der Waals surface area contributed by atoms with E-state index in [1.807, 2.05) is 0 Å². The second kappa shape index (κ2) is 95.6. The van der Waals surface area contributed by atoms with Gasteiger partial charge in [0.05, 0.1) is 0 Å². The van der Waals surface area contributed by atoms with E-state index in [0.717, 1.165) is 51.4 Å². The van der Waals surface area contributed by atoms with E-state index in [4.69, 9.17) is 20.4 Å². The second-order valence-electron chi connectivity index (χ2n) is 4.31. The van der Waals surface area contributed by atoms with Gasteiger partial charge in [0, 0.05) is 48.1 Å². The minimum atomic E-state index is 0. The Bertz CT molecular complexity index is 81.8. The number of aliphatic hydroxyl groups excluding tert-OH is 4. The van der Waals surface area contributed by atoms with Crippen LogP contribution < -0.4 is 0 Å². The van der Waals surface area contributed by atoms with Crippen LogP contribution in [0.15, 0.2) is 0 Å². The fourth-order valence-corrected chi connectivity index (χ4v) is 0.632. The summed E-state index contributed by atoms with van der Waals surface area (Å²) in [6.45, 7) is 19.6. The van der Waals surface area contributed by atoms with Gasteiger partial charge in [-0.05, 0) is 25.7 Å². The van der Waals surface area contributed by atoms with Crippen molar-refractivity contribution >= 4 is 0 Å². The molecule has 6 heteroatoms. The minimum absolute atomic E-state index is 0. The van der Waals surface area contributed by atoms with Crippen molar-refractivity contribution in [1.29, 1.82) is 0 Å². The van der Waals surface area contributed by atoms with Crippen molar-refractivity contribution in [3.63, 3.8) is 0 Å². The molecule has 4 N–H and O–H groups in total. The van der Waals surface area contributed by atoms with Crippen LogP contribution >= 0.6 is 0 Å². The van der Waals surface area contributed by atoms with Gasteiger partial charge in [-0.1, -0.05) is 53.4 Å². The van der Waals surface area contributed by atoms with Crippen molar-refractivity contribution in [2.75, 3.05) is 26.4 Å². The molecule has 0 atom stereocenters. The molecule has 0 unspecified atom stereocenters. The van der Waals surface area contributed by atoms with Crippen molar-refractivity contribution in [3.8, 4) is 0 Å². The number of unbranched alkanes of at least 4 members (excludes halogenated alkanes) is 4. The SMILES string of the molecule is CCCCO.CCCCO.CCCCO.CCCCO.[CH2-]C.[CH2-]C.[Ti].[Zn+2]. The Morgan fingerprint density at radius 3 is 0.577 bits per heavy atom. The summed E-state index contributed by atoms with van der Waals surface area (Å²) in [6.07, 6.45) is 8.15. The minimum Gasteiger partial charge on any atom is -0.396 e. The van der Waals surface area contributed by atoms with E-state index < -0.39 is 0 Å². The average molecular weight is 468 g/mol. The largest absolute Gasteiger partial charge is 2.00 e. The van der Waals surface area contributed by atoms with E-state index in [1.165, 1.54) is 0 Å². The molecule has 0 aromatic rings. The maximum Gasteiger partial charge on any atom is 2.00 e.